The van der Waals surface area contributed by atoms with Gasteiger partial charge in [-0.1, -0.05) is 20.8 Å². The molecule has 12 nitrogen and oxygen atoms in total. The minimum atomic E-state index is -3.37. The van der Waals surface area contributed by atoms with Crippen molar-refractivity contribution in [3.05, 3.63) is 58.3 Å². The number of nitriles is 1. The fraction of sp³-hybridized carbons (Fsp3) is 0.407. The average Bonchev–Trinajstić information content (AvgIpc) is 3.79. The number of anilines is 1. The zero-order valence-corrected chi connectivity index (χ0v) is 23.5. The molecule has 0 spiro atoms. The maximum Gasteiger partial charge on any atom is 0.296 e. The minimum Gasteiger partial charge on any atom is -0.360 e. The molecule has 1 N–H and O–H groups in total. The van der Waals surface area contributed by atoms with E-state index in [1.807, 2.05) is 20.8 Å². The van der Waals surface area contributed by atoms with E-state index >= 15 is 0 Å². The van der Waals surface area contributed by atoms with Crippen LogP contribution in [0.2, 0.25) is 0 Å². The predicted molar refractivity (Wildman–Crippen MR) is 148 cm³/mol. The lowest BCUT2D eigenvalue weighted by Crippen LogP contribution is -2.31. The first-order valence-corrected chi connectivity index (χ1v) is 14.7. The van der Waals surface area contributed by atoms with Crippen molar-refractivity contribution >= 4 is 26.8 Å². The van der Waals surface area contributed by atoms with Crippen molar-refractivity contribution in [3.63, 3.8) is 0 Å². The zero-order valence-electron chi connectivity index (χ0n) is 22.7. The first-order chi connectivity index (χ1) is 19.1. The molecule has 1 unspecified atom stereocenters. The van der Waals surface area contributed by atoms with Crippen LogP contribution >= 0.6 is 0 Å². The number of aromatic nitrogens is 7. The maximum atomic E-state index is 13.7. The minimum absolute atomic E-state index is 0.00898. The van der Waals surface area contributed by atoms with Gasteiger partial charge in [-0.3, -0.25) is 14.3 Å². The van der Waals surface area contributed by atoms with Crippen LogP contribution in [0.15, 0.2) is 40.5 Å². The van der Waals surface area contributed by atoms with Crippen molar-refractivity contribution in [1.82, 2.24) is 34.5 Å². The Bertz CT molecular complexity index is 1790. The largest absolute Gasteiger partial charge is 0.360 e. The van der Waals surface area contributed by atoms with Crippen molar-refractivity contribution in [1.29, 1.82) is 5.26 Å². The van der Waals surface area contributed by atoms with E-state index in [4.69, 9.17) is 4.98 Å². The summed E-state index contributed by atoms with van der Waals surface area (Å²) < 4.78 is 25.5. The third-order valence-electron chi connectivity index (χ3n) is 6.90. The molecule has 0 saturated heterocycles. The molecule has 0 bridgehead atoms. The van der Waals surface area contributed by atoms with Crippen LogP contribution < -0.4 is 10.9 Å². The van der Waals surface area contributed by atoms with Gasteiger partial charge in [0.25, 0.3) is 5.56 Å². The smallest absolute Gasteiger partial charge is 0.296 e. The van der Waals surface area contributed by atoms with E-state index < -0.39 is 21.4 Å². The molecule has 40 heavy (non-hydrogen) atoms. The number of pyridine rings is 1. The van der Waals surface area contributed by atoms with E-state index in [0.29, 0.717) is 23.0 Å². The summed E-state index contributed by atoms with van der Waals surface area (Å²) in [6, 6.07) is 4.50. The molecule has 1 aliphatic carbocycles. The van der Waals surface area contributed by atoms with Crippen LogP contribution in [0.4, 0.5) is 5.82 Å². The molecule has 13 heteroatoms. The van der Waals surface area contributed by atoms with Gasteiger partial charge in [0.05, 0.1) is 52.1 Å². The second kappa shape index (κ2) is 10.7. The highest BCUT2D eigenvalue weighted by Crippen LogP contribution is 2.43. The molecular formula is C27H29N9O3S. The Hall–Kier alpha value is -4.31. The van der Waals surface area contributed by atoms with Crippen LogP contribution in [0.25, 0.3) is 22.6 Å². The van der Waals surface area contributed by atoms with Gasteiger partial charge in [-0.15, -0.1) is 0 Å². The Morgan fingerprint density at radius 3 is 2.52 bits per heavy atom. The monoisotopic (exact) mass is 559 g/mol. The molecule has 4 aromatic rings. The summed E-state index contributed by atoms with van der Waals surface area (Å²) in [6.07, 6.45) is 6.45. The molecule has 0 amide bonds. The summed E-state index contributed by atoms with van der Waals surface area (Å²) >= 11 is 0. The number of nitrogens with one attached hydrogen (secondary N) is 1. The molecule has 1 aliphatic rings. The van der Waals surface area contributed by atoms with Crippen molar-refractivity contribution in [2.24, 2.45) is 5.92 Å². The molecule has 4 heterocycles. The highest BCUT2D eigenvalue weighted by Gasteiger charge is 2.31. The third kappa shape index (κ3) is 5.14. The van der Waals surface area contributed by atoms with Crippen LogP contribution in [0.5, 0.6) is 0 Å². The van der Waals surface area contributed by atoms with Gasteiger partial charge in [0.1, 0.15) is 17.9 Å². The van der Waals surface area contributed by atoms with Crippen LogP contribution in [0, 0.1) is 24.2 Å². The van der Waals surface area contributed by atoms with Gasteiger partial charge in [0.15, 0.2) is 27.1 Å². The molecule has 0 radical (unpaired) electrons. The molecule has 1 saturated carbocycles. The summed E-state index contributed by atoms with van der Waals surface area (Å²) in [5, 5.41) is 13.0. The Labute approximate surface area is 231 Å². The van der Waals surface area contributed by atoms with Crippen molar-refractivity contribution in [2.75, 3.05) is 11.1 Å². The fourth-order valence-electron chi connectivity index (χ4n) is 4.47. The molecule has 0 aliphatic heterocycles. The summed E-state index contributed by atoms with van der Waals surface area (Å²) in [5.41, 5.74) is 2.96. The Kier molecular flexibility index (Phi) is 7.29. The summed E-state index contributed by atoms with van der Waals surface area (Å²) in [4.78, 5) is 40.7. The molecule has 0 aromatic carbocycles. The first-order valence-electron chi connectivity index (χ1n) is 13.1. The number of nitrogens with zero attached hydrogens (tertiary/aromatic N) is 8. The quantitative estimate of drug-likeness (QED) is 0.319. The highest BCUT2D eigenvalue weighted by molar-refractivity contribution is 7.91. The SMILES string of the molecule is CCS(=O)(=O)c1ccc(CNc2nc3cnc(-c4c(C)ncnc4C4CC4)nc3n(C(C#N)C(C)C)c2=O)nc1. The average molecular weight is 560 g/mol. The van der Waals surface area contributed by atoms with Gasteiger partial charge in [-0.05, 0) is 37.8 Å². The van der Waals surface area contributed by atoms with E-state index in [1.165, 1.54) is 16.8 Å². The molecule has 1 fully saturated rings. The number of rotatable bonds is 9. The van der Waals surface area contributed by atoms with E-state index in [0.717, 1.165) is 29.8 Å². The normalized spacial score (nSPS) is 14.3. The fourth-order valence-corrected chi connectivity index (χ4v) is 5.30. The van der Waals surface area contributed by atoms with Gasteiger partial charge in [-0.25, -0.2) is 33.3 Å². The number of hydrogen-bond acceptors (Lipinski definition) is 11. The van der Waals surface area contributed by atoms with Crippen molar-refractivity contribution < 1.29 is 8.42 Å². The topological polar surface area (TPSA) is 169 Å². The van der Waals surface area contributed by atoms with Crippen LogP contribution in [0.3, 0.4) is 0 Å². The molecule has 1 atom stereocenters. The second-order valence-corrected chi connectivity index (χ2v) is 12.4. The lowest BCUT2D eigenvalue weighted by atomic mass is 10.1. The summed E-state index contributed by atoms with van der Waals surface area (Å²) in [6.45, 7) is 7.28. The molecular weight excluding hydrogens is 530 g/mol. The molecule has 206 valence electrons. The van der Waals surface area contributed by atoms with Crippen molar-refractivity contribution in [2.45, 2.75) is 63.9 Å². The molecule has 5 rings (SSSR count). The Morgan fingerprint density at radius 2 is 1.90 bits per heavy atom. The lowest BCUT2D eigenvalue weighted by Gasteiger charge is -2.20. The van der Waals surface area contributed by atoms with Crippen LogP contribution in [-0.4, -0.2) is 48.6 Å². The van der Waals surface area contributed by atoms with Gasteiger partial charge in [0, 0.05) is 12.1 Å². The third-order valence-corrected chi connectivity index (χ3v) is 8.62. The number of hydrogen-bond donors (Lipinski definition) is 1. The zero-order chi connectivity index (χ0) is 28.6. The van der Waals surface area contributed by atoms with E-state index in [2.05, 4.69) is 36.3 Å². The standard InChI is InChI=1S/C27H29N9O3S/c1-5-40(38,39)19-9-8-18(29-12-19)11-30-25-27(37)36(21(10-28)15(2)3)26-20(34-25)13-31-24(35-26)22-16(4)32-14-33-23(22)17-6-7-17/h8-9,12-15,17,21H,5-7,11H2,1-4H3,(H,30,34). The van der Waals surface area contributed by atoms with Crippen LogP contribution in [0.1, 0.15) is 62.7 Å². The summed E-state index contributed by atoms with van der Waals surface area (Å²) in [5.74, 6) is 0.503. The highest BCUT2D eigenvalue weighted by atomic mass is 32.2. The number of aryl methyl sites for hydroxylation is 1. The van der Waals surface area contributed by atoms with Crippen LogP contribution in [-0.2, 0) is 16.4 Å². The number of sulfone groups is 1. The Morgan fingerprint density at radius 1 is 1.12 bits per heavy atom. The van der Waals surface area contributed by atoms with Crippen molar-refractivity contribution in [3.8, 4) is 17.5 Å². The lowest BCUT2D eigenvalue weighted by molar-refractivity contribution is 0.458. The van der Waals surface area contributed by atoms with Gasteiger partial charge in [-0.2, -0.15) is 5.26 Å². The Balaban J connectivity index is 1.58. The number of fused-ring (bicyclic) bond motifs is 1. The summed E-state index contributed by atoms with van der Waals surface area (Å²) in [7, 11) is -3.37. The molecule has 4 aromatic heterocycles. The predicted octanol–water partition coefficient (Wildman–Crippen LogP) is 3.35. The van der Waals surface area contributed by atoms with E-state index in [1.54, 1.807) is 25.5 Å². The van der Waals surface area contributed by atoms with Gasteiger partial charge >= 0.3 is 0 Å². The van der Waals surface area contributed by atoms with Gasteiger partial charge in [0.2, 0.25) is 0 Å². The second-order valence-electron chi connectivity index (χ2n) is 10.1. The van der Waals surface area contributed by atoms with Gasteiger partial charge < -0.3 is 5.32 Å². The van der Waals surface area contributed by atoms with E-state index in [9.17, 15) is 18.5 Å². The maximum absolute atomic E-state index is 13.7. The van der Waals surface area contributed by atoms with E-state index in [-0.39, 0.29) is 34.6 Å². The first kappa shape index (κ1) is 27.3.